The summed E-state index contributed by atoms with van der Waals surface area (Å²) in [4.78, 5) is 93.6. The van der Waals surface area contributed by atoms with Crippen LogP contribution in [0.1, 0.15) is 104 Å². The molecule has 4 heterocycles. The molecule has 96 heavy (non-hydrogen) atoms. The first-order valence-electron chi connectivity index (χ1n) is 30.6. The zero-order valence-corrected chi connectivity index (χ0v) is 58.4. The van der Waals surface area contributed by atoms with Gasteiger partial charge in [0.15, 0.2) is 11.4 Å². The molecule has 2 aromatic heterocycles. The van der Waals surface area contributed by atoms with Gasteiger partial charge in [0, 0.05) is 12.8 Å². The van der Waals surface area contributed by atoms with Crippen LogP contribution in [0.5, 0.6) is 11.8 Å². The number of amides is 4. The van der Waals surface area contributed by atoms with Gasteiger partial charge in [0.25, 0.3) is 0 Å². The van der Waals surface area contributed by atoms with Crippen LogP contribution >= 0.6 is 31.9 Å². The lowest BCUT2D eigenvalue weighted by atomic mass is 9.85. The number of rotatable bonds is 20. The minimum absolute atomic E-state index is 0. The number of hydrogen-bond donors (Lipinski definition) is 4. The predicted octanol–water partition coefficient (Wildman–Crippen LogP) is 6.90. The van der Waals surface area contributed by atoms with Crippen LogP contribution in [0.2, 0.25) is 0 Å². The molecule has 4 amide bonds. The molecule has 0 radical (unpaired) electrons. The summed E-state index contributed by atoms with van der Waals surface area (Å²) in [5.74, 6) is -0.0529. The molecule has 10 atom stereocenters. The van der Waals surface area contributed by atoms with Gasteiger partial charge < -0.3 is 78.8 Å². The van der Waals surface area contributed by atoms with E-state index in [0.717, 1.165) is 25.9 Å². The molecule has 0 spiro atoms. The number of ether oxygens (including phenoxy) is 8. The van der Waals surface area contributed by atoms with Crippen LogP contribution in [0.3, 0.4) is 0 Å². The first-order chi connectivity index (χ1) is 44.5. The van der Waals surface area contributed by atoms with E-state index in [1.807, 2.05) is 26.0 Å². The molecule has 33 heteroatoms. The molecule has 4 fully saturated rings. The molecular formula is C63H84BBr2F4N9O17. The number of alkyl carbamates (subject to hydrolysis) is 2. The summed E-state index contributed by atoms with van der Waals surface area (Å²) in [7, 11) is 6.73. The Morgan fingerprint density at radius 1 is 0.656 bits per heavy atom. The molecule has 2 saturated carbocycles. The molecule has 2 aromatic carbocycles. The van der Waals surface area contributed by atoms with Gasteiger partial charge in [0.2, 0.25) is 23.6 Å². The topological polar surface area (TPSA) is 334 Å². The highest BCUT2D eigenvalue weighted by molar-refractivity contribution is 9.09. The SMILES string of the molecule is C#CCO[C@@H]1CCC[C@H]1OC(=O)N[C@H](C(=O)N1C[C@H](Oc2nc3ccccc3nc2C(F)(F)Br)C[C@H]1C(=O)OC)C(C)(C)C.CN(C)C.COC(=O)[C@@H]1C[C@@H](Oc2nc3ccccc3nc2C(F)(F)Br)CN1C(=O)[C@@H](NC(=O)O[C@@H]1CCC[C@H]1OC/C=C/B(O)O)C(C)(C)C.O. The number of nitrogens with zero attached hydrogens (tertiary/aromatic N) is 7. The second-order valence-corrected chi connectivity index (χ2v) is 27.5. The zero-order valence-electron chi connectivity index (χ0n) is 55.2. The number of carbonyl (C=O) groups is 6. The summed E-state index contributed by atoms with van der Waals surface area (Å²) >= 11 is 4.68. The fourth-order valence-corrected chi connectivity index (χ4v) is 11.5. The number of benzene rings is 2. The average molecular weight is 1490 g/mol. The first-order valence-corrected chi connectivity index (χ1v) is 32.2. The van der Waals surface area contributed by atoms with E-state index in [0.29, 0.717) is 36.7 Å². The molecule has 528 valence electrons. The van der Waals surface area contributed by atoms with Gasteiger partial charge in [0.05, 0.1) is 68.2 Å². The van der Waals surface area contributed by atoms with Gasteiger partial charge in [-0.2, -0.15) is 17.6 Å². The minimum atomic E-state index is -3.58. The summed E-state index contributed by atoms with van der Waals surface area (Å²) in [6.07, 6.45) is 5.02. The molecule has 0 unspecified atom stereocenters. The third kappa shape index (κ3) is 22.2. The van der Waals surface area contributed by atoms with Gasteiger partial charge in [-0.05, 0) is 127 Å². The van der Waals surface area contributed by atoms with E-state index < -0.39 is 141 Å². The van der Waals surface area contributed by atoms with Crippen molar-refractivity contribution in [2.24, 2.45) is 10.8 Å². The molecule has 26 nitrogen and oxygen atoms in total. The Kier molecular flexibility index (Phi) is 29.0. The van der Waals surface area contributed by atoms with Crippen LogP contribution in [0.15, 0.2) is 60.6 Å². The van der Waals surface area contributed by atoms with Crippen molar-refractivity contribution >= 4 is 97.0 Å². The fourth-order valence-electron chi connectivity index (χ4n) is 10.9. The fraction of sp³-hybridized carbons (Fsp3) is 0.587. The number of fused-ring (bicyclic) bond motifs is 2. The number of para-hydroxylation sites is 4. The van der Waals surface area contributed by atoms with E-state index >= 15 is 0 Å². The van der Waals surface area contributed by atoms with Gasteiger partial charge in [-0.15, -0.1) is 6.42 Å². The van der Waals surface area contributed by atoms with E-state index in [4.69, 9.17) is 54.4 Å². The van der Waals surface area contributed by atoms with Crippen LogP contribution in [-0.4, -0.2) is 216 Å². The molecule has 0 bridgehead atoms. The second kappa shape index (κ2) is 34.9. The van der Waals surface area contributed by atoms with Gasteiger partial charge in [-0.25, -0.2) is 39.1 Å². The molecular weight excluding hydrogens is 1400 g/mol. The Morgan fingerprint density at radius 3 is 1.34 bits per heavy atom. The highest BCUT2D eigenvalue weighted by atomic mass is 79.9. The van der Waals surface area contributed by atoms with Crippen molar-refractivity contribution in [3.63, 3.8) is 0 Å². The smallest absolute Gasteiger partial charge is 0.471 e. The Balaban J connectivity index is 0.000000326. The quantitative estimate of drug-likeness (QED) is 0.0174. The number of alkyl halides is 6. The number of halogens is 6. The third-order valence-corrected chi connectivity index (χ3v) is 16.1. The summed E-state index contributed by atoms with van der Waals surface area (Å²) in [5, 5.41) is 23.2. The second-order valence-electron chi connectivity index (χ2n) is 25.5. The maximum absolute atomic E-state index is 14.5. The maximum Gasteiger partial charge on any atom is 0.480 e. The van der Waals surface area contributed by atoms with Crippen molar-refractivity contribution in [2.45, 2.75) is 163 Å². The van der Waals surface area contributed by atoms with Gasteiger partial charge in [-0.3, -0.25) is 9.59 Å². The van der Waals surface area contributed by atoms with Crippen LogP contribution < -0.4 is 20.1 Å². The minimum Gasteiger partial charge on any atom is -0.471 e. The lowest BCUT2D eigenvalue weighted by Gasteiger charge is -2.35. The number of nitrogens with one attached hydrogen (secondary N) is 2. The summed E-state index contributed by atoms with van der Waals surface area (Å²) in [6, 6.07) is 8.34. The van der Waals surface area contributed by atoms with E-state index in [2.05, 4.69) is 68.3 Å². The first kappa shape index (κ1) is 79.6. The van der Waals surface area contributed by atoms with Crippen LogP contribution in [0.25, 0.3) is 22.1 Å². The Bertz CT molecular complexity index is 3390. The predicted molar refractivity (Wildman–Crippen MR) is 350 cm³/mol. The molecule has 6 N–H and O–H groups in total. The normalized spacial score (nSPS) is 21.7. The molecule has 4 aromatic rings. The lowest BCUT2D eigenvalue weighted by molar-refractivity contribution is -0.152. The highest BCUT2D eigenvalue weighted by Gasteiger charge is 2.50. The number of esters is 2. The standard InChI is InChI=1S/C30H38BBrF2N4O9.C30H35BrF2N4O7.C3H9N.H2O/c1-29(2,3)24(37-28(41)47-22-12-7-11-21(22)45-14-8-13-31(42)43)26(39)38-16-17(15-20(38)27(40)44-4)46-25-23(30(32,33)34)35-18-9-5-6-10-19(18)36-25;1-6-14-42-21-12-9-13-22(21)44-28(40)36-24(29(2,3)4)26(38)37-16-17(15-20(37)27(39)41-5)43-25-23(30(31,32)33)34-18-10-7-8-11-19(18)35-25;1-4(2)3;/h5-6,8-10,13,17,20-22,24,42-43H,7,11-12,14-16H2,1-4H3,(H,37,41);1,7-8,10-11,17,20-22,24H,9,12-16H2,2-5H3,(H,36,40);1-3H3;1H2/b13-8+;;;/t2*17-,20+,21-,22-,24-;;/m11../s1. The third-order valence-electron chi connectivity index (χ3n) is 15.4. The Labute approximate surface area is 571 Å². The van der Waals surface area contributed by atoms with Crippen LogP contribution in [0.4, 0.5) is 27.2 Å². The number of aromatic nitrogens is 4. The number of terminal acetylenes is 1. The monoisotopic (exact) mass is 1480 g/mol. The average Bonchev–Trinajstić information content (AvgIpc) is 1.46. The lowest BCUT2D eigenvalue weighted by Crippen LogP contribution is -2.57. The molecule has 2 aliphatic heterocycles. The van der Waals surface area contributed by atoms with Crippen molar-refractivity contribution in [3.05, 3.63) is 72.0 Å². The van der Waals surface area contributed by atoms with Crippen LogP contribution in [-0.2, 0) is 57.3 Å². The molecule has 4 aliphatic rings. The molecule has 2 saturated heterocycles. The Hall–Kier alpha value is -7.06. The number of carbonyl (C=O) groups excluding carboxylic acids is 6. The van der Waals surface area contributed by atoms with E-state index in [9.17, 15) is 46.3 Å². The zero-order chi connectivity index (χ0) is 70.3. The number of hydrogen-bond acceptors (Lipinski definition) is 21. The van der Waals surface area contributed by atoms with E-state index in [1.165, 1.54) is 29.1 Å². The Morgan fingerprint density at radius 2 is 1.01 bits per heavy atom. The van der Waals surface area contributed by atoms with Crippen molar-refractivity contribution in [1.82, 2.24) is 45.3 Å². The van der Waals surface area contributed by atoms with E-state index in [1.54, 1.807) is 84.0 Å². The molecule has 2 aliphatic carbocycles. The highest BCUT2D eigenvalue weighted by Crippen LogP contribution is 2.42. The van der Waals surface area contributed by atoms with E-state index in [-0.39, 0.29) is 61.8 Å². The molecule has 8 rings (SSSR count). The van der Waals surface area contributed by atoms with Gasteiger partial charge >= 0.3 is 40.9 Å². The van der Waals surface area contributed by atoms with Gasteiger partial charge in [-0.1, -0.05) is 83.8 Å². The maximum atomic E-state index is 14.5. The van der Waals surface area contributed by atoms with Crippen molar-refractivity contribution in [2.75, 3.05) is 61.7 Å². The van der Waals surface area contributed by atoms with Gasteiger partial charge in [0.1, 0.15) is 55.2 Å². The summed E-state index contributed by atoms with van der Waals surface area (Å²) in [5.41, 5.74) is -2.08. The van der Waals surface area contributed by atoms with Crippen LogP contribution in [0, 0.1) is 23.2 Å². The summed E-state index contributed by atoms with van der Waals surface area (Å²) in [6.45, 7) is 10.2. The van der Waals surface area contributed by atoms with Crippen molar-refractivity contribution in [3.8, 4) is 24.1 Å². The number of methoxy groups -OCH3 is 2. The summed E-state index contributed by atoms with van der Waals surface area (Å²) < 4.78 is 102. The number of likely N-dealkylation sites (tertiary alicyclic amines) is 2. The largest absolute Gasteiger partial charge is 0.480 e. The van der Waals surface area contributed by atoms with Crippen molar-refractivity contribution < 1.29 is 99.7 Å². The van der Waals surface area contributed by atoms with Crippen molar-refractivity contribution in [1.29, 1.82) is 0 Å².